The molecule has 0 amide bonds. The number of aliphatic hydroxyl groups is 1. The number of carbonyl (C=O) groups excluding carboxylic acids is 1. The van der Waals surface area contributed by atoms with Crippen molar-refractivity contribution in [3.8, 4) is 5.75 Å². The maximum atomic E-state index is 13.0. The number of hydrogen-bond donors (Lipinski definition) is 1. The van der Waals surface area contributed by atoms with Gasteiger partial charge < -0.3 is 24.1 Å². The van der Waals surface area contributed by atoms with Gasteiger partial charge in [0.25, 0.3) is 10.1 Å². The second kappa shape index (κ2) is 12.5. The fraction of sp³-hybridized carbons (Fsp3) is 0.296. The molecule has 3 aromatic carbocycles. The van der Waals surface area contributed by atoms with E-state index in [-0.39, 0.29) is 11.5 Å². The van der Waals surface area contributed by atoms with Gasteiger partial charge >= 0.3 is 5.97 Å². The van der Waals surface area contributed by atoms with Crippen LogP contribution in [0.5, 0.6) is 5.75 Å². The first kappa shape index (κ1) is 28.5. The molecule has 0 spiro atoms. The van der Waals surface area contributed by atoms with Crippen LogP contribution in [-0.2, 0) is 33.3 Å². The van der Waals surface area contributed by atoms with E-state index in [0.29, 0.717) is 5.75 Å². The molecule has 11 heteroatoms. The lowest BCUT2D eigenvalue weighted by Gasteiger charge is -2.43. The maximum Gasteiger partial charge on any atom is 0.303 e. The zero-order valence-corrected chi connectivity index (χ0v) is 23.4. The Morgan fingerprint density at radius 3 is 2.47 bits per heavy atom. The Labute approximate surface area is 234 Å². The van der Waals surface area contributed by atoms with Gasteiger partial charge in [-0.1, -0.05) is 36.4 Å². The summed E-state index contributed by atoms with van der Waals surface area (Å²) in [6, 6.07) is 19.0. The molecule has 0 saturated carbocycles. The SMILES string of the molecule is C=CCOC1C(O)C(COS(=O)(=O)c2ccc3ccccc3c2)OC(Oc2ccc(I)cc2)C1OC(C)=O. The summed E-state index contributed by atoms with van der Waals surface area (Å²) in [5.74, 6) is -0.224. The molecule has 9 nitrogen and oxygen atoms in total. The van der Waals surface area contributed by atoms with E-state index in [9.17, 15) is 18.3 Å². The Balaban J connectivity index is 1.57. The lowest BCUT2D eigenvalue weighted by molar-refractivity contribution is -0.287. The molecule has 0 aromatic heterocycles. The van der Waals surface area contributed by atoms with E-state index in [1.807, 2.05) is 30.3 Å². The summed E-state index contributed by atoms with van der Waals surface area (Å²) in [5.41, 5.74) is 0. The van der Waals surface area contributed by atoms with Crippen molar-refractivity contribution >= 4 is 49.5 Å². The smallest absolute Gasteiger partial charge is 0.303 e. The lowest BCUT2D eigenvalue weighted by atomic mass is 9.98. The Bertz CT molecular complexity index is 1380. The topological polar surface area (TPSA) is 118 Å². The van der Waals surface area contributed by atoms with Gasteiger partial charge in [0.2, 0.25) is 6.29 Å². The number of halogens is 1. The van der Waals surface area contributed by atoms with Gasteiger partial charge in [0.15, 0.2) is 6.10 Å². The Morgan fingerprint density at radius 2 is 1.79 bits per heavy atom. The van der Waals surface area contributed by atoms with Gasteiger partial charge in [-0.05, 0) is 69.8 Å². The molecule has 5 unspecified atom stereocenters. The van der Waals surface area contributed by atoms with Crippen molar-refractivity contribution in [3.63, 3.8) is 0 Å². The van der Waals surface area contributed by atoms with Crippen LogP contribution in [0, 0.1) is 3.57 Å². The van der Waals surface area contributed by atoms with Crippen molar-refractivity contribution in [3.05, 3.63) is 83.0 Å². The molecule has 1 N–H and O–H groups in total. The van der Waals surface area contributed by atoms with Crippen molar-refractivity contribution in [1.82, 2.24) is 0 Å². The molecule has 202 valence electrons. The number of fused-ring (bicyclic) bond motifs is 1. The van der Waals surface area contributed by atoms with Crippen molar-refractivity contribution in [1.29, 1.82) is 0 Å². The van der Waals surface area contributed by atoms with Crippen LogP contribution in [0.1, 0.15) is 6.92 Å². The first-order chi connectivity index (χ1) is 18.2. The highest BCUT2D eigenvalue weighted by Gasteiger charge is 2.49. The molecule has 38 heavy (non-hydrogen) atoms. The summed E-state index contributed by atoms with van der Waals surface area (Å²) in [6.07, 6.45) is -4.64. The predicted octanol–water partition coefficient (Wildman–Crippen LogP) is 3.82. The number of benzene rings is 3. The monoisotopic (exact) mass is 654 g/mol. The van der Waals surface area contributed by atoms with E-state index in [4.69, 9.17) is 23.1 Å². The quantitative estimate of drug-likeness (QED) is 0.151. The van der Waals surface area contributed by atoms with Gasteiger partial charge in [-0.15, -0.1) is 6.58 Å². The van der Waals surface area contributed by atoms with E-state index in [1.54, 1.807) is 24.3 Å². The zero-order chi connectivity index (χ0) is 27.3. The summed E-state index contributed by atoms with van der Waals surface area (Å²) in [4.78, 5) is 11.8. The molecule has 4 rings (SSSR count). The van der Waals surface area contributed by atoms with Gasteiger partial charge in [0.1, 0.15) is 24.1 Å². The summed E-state index contributed by atoms with van der Waals surface area (Å²) in [7, 11) is -4.20. The summed E-state index contributed by atoms with van der Waals surface area (Å²) >= 11 is 2.15. The molecule has 1 fully saturated rings. The molecule has 0 radical (unpaired) electrons. The van der Waals surface area contributed by atoms with Crippen molar-refractivity contribution in [2.75, 3.05) is 13.2 Å². The minimum absolute atomic E-state index is 0.0265. The first-order valence-corrected chi connectivity index (χ1v) is 14.2. The normalized spacial score (nSPS) is 23.6. The largest absolute Gasteiger partial charge is 0.461 e. The Kier molecular flexibility index (Phi) is 9.39. The summed E-state index contributed by atoms with van der Waals surface area (Å²) in [6.45, 7) is 4.31. The first-order valence-electron chi connectivity index (χ1n) is 11.7. The summed E-state index contributed by atoms with van der Waals surface area (Å²) < 4.78 is 55.3. The van der Waals surface area contributed by atoms with Crippen LogP contribution in [0.3, 0.4) is 0 Å². The number of esters is 1. The molecule has 1 heterocycles. The van der Waals surface area contributed by atoms with Crippen molar-refractivity contribution in [2.24, 2.45) is 0 Å². The zero-order valence-electron chi connectivity index (χ0n) is 20.4. The molecule has 0 bridgehead atoms. The second-order valence-electron chi connectivity index (χ2n) is 8.51. The Hall–Kier alpha value is -2.55. The lowest BCUT2D eigenvalue weighted by Crippen LogP contribution is -2.62. The maximum absolute atomic E-state index is 13.0. The van der Waals surface area contributed by atoms with Gasteiger partial charge in [-0.2, -0.15) is 8.42 Å². The Morgan fingerprint density at radius 1 is 1.08 bits per heavy atom. The van der Waals surface area contributed by atoms with E-state index in [2.05, 4.69) is 29.2 Å². The minimum atomic E-state index is -4.20. The van der Waals surface area contributed by atoms with Crippen molar-refractivity contribution < 1.29 is 41.4 Å². The van der Waals surface area contributed by atoms with Crippen LogP contribution >= 0.6 is 22.6 Å². The predicted molar refractivity (Wildman–Crippen MR) is 147 cm³/mol. The number of ether oxygens (including phenoxy) is 4. The average molecular weight is 654 g/mol. The van der Waals surface area contributed by atoms with Gasteiger partial charge in [-0.25, -0.2) is 0 Å². The standard InChI is InChI=1S/C27H27IO9S/c1-3-14-33-25-24(30)23(16-34-38(31,32)22-13-8-18-6-4-5-7-19(18)15-22)37-27(26(25)35-17(2)29)36-21-11-9-20(28)10-12-21/h3-13,15,23-27,30H,1,14,16H2,2H3. The third-order valence-corrected chi connectivity index (χ3v) is 7.79. The fourth-order valence-electron chi connectivity index (χ4n) is 4.01. The van der Waals surface area contributed by atoms with E-state index in [1.165, 1.54) is 25.1 Å². The molecule has 3 aromatic rings. The number of hydrogen-bond acceptors (Lipinski definition) is 9. The molecule has 1 aliphatic heterocycles. The van der Waals surface area contributed by atoms with Crippen LogP contribution < -0.4 is 4.74 Å². The molecular formula is C27H27IO9S. The van der Waals surface area contributed by atoms with Crippen molar-refractivity contribution in [2.45, 2.75) is 42.5 Å². The molecule has 0 aliphatic carbocycles. The number of rotatable bonds is 10. The van der Waals surface area contributed by atoms with Gasteiger partial charge in [-0.3, -0.25) is 8.98 Å². The molecule has 5 atom stereocenters. The third-order valence-electron chi connectivity index (χ3n) is 5.79. The van der Waals surface area contributed by atoms with Crippen LogP contribution in [0.4, 0.5) is 0 Å². The van der Waals surface area contributed by atoms with Crippen LogP contribution in [0.15, 0.2) is 84.3 Å². The number of aliphatic hydroxyl groups excluding tert-OH is 1. The highest BCUT2D eigenvalue weighted by molar-refractivity contribution is 14.1. The fourth-order valence-corrected chi connectivity index (χ4v) is 5.32. The van der Waals surface area contributed by atoms with Gasteiger partial charge in [0, 0.05) is 10.5 Å². The molecular weight excluding hydrogens is 627 g/mol. The molecule has 1 saturated heterocycles. The average Bonchev–Trinajstić information content (AvgIpc) is 2.90. The molecule has 1 aliphatic rings. The van der Waals surface area contributed by atoms with Gasteiger partial charge in [0.05, 0.1) is 18.1 Å². The van der Waals surface area contributed by atoms with E-state index < -0.39 is 53.4 Å². The van der Waals surface area contributed by atoms with E-state index in [0.717, 1.165) is 14.3 Å². The highest BCUT2D eigenvalue weighted by atomic mass is 127. The van der Waals surface area contributed by atoms with Crippen LogP contribution in [0.2, 0.25) is 0 Å². The minimum Gasteiger partial charge on any atom is -0.461 e. The van der Waals surface area contributed by atoms with Crippen LogP contribution in [-0.4, -0.2) is 63.4 Å². The second-order valence-corrected chi connectivity index (χ2v) is 11.4. The summed E-state index contributed by atoms with van der Waals surface area (Å²) in [5, 5.41) is 12.7. The highest BCUT2D eigenvalue weighted by Crippen LogP contribution is 2.30. The third kappa shape index (κ3) is 6.90. The van der Waals surface area contributed by atoms with Crippen LogP contribution in [0.25, 0.3) is 10.8 Å². The van der Waals surface area contributed by atoms with E-state index >= 15 is 0 Å². The number of carbonyl (C=O) groups is 1.